The van der Waals surface area contributed by atoms with Crippen LogP contribution in [0.25, 0.3) is 0 Å². The van der Waals surface area contributed by atoms with Gasteiger partial charge in [0.05, 0.1) is 6.61 Å². The fourth-order valence-corrected chi connectivity index (χ4v) is 0.957. The Morgan fingerprint density at radius 1 is 1.60 bits per heavy atom. The van der Waals surface area contributed by atoms with Crippen LogP contribution in [0.5, 0.6) is 0 Å². The molecule has 58 valence electrons. The third kappa shape index (κ3) is 1.70. The maximum absolute atomic E-state index is 10.8. The summed E-state index contributed by atoms with van der Waals surface area (Å²) in [7, 11) is 0. The van der Waals surface area contributed by atoms with Gasteiger partial charge in [-0.2, -0.15) is 0 Å². The van der Waals surface area contributed by atoms with Gasteiger partial charge in [-0.1, -0.05) is 13.3 Å². The van der Waals surface area contributed by atoms with Crippen molar-refractivity contribution in [2.24, 2.45) is 0 Å². The number of hydrogen-bond donors (Lipinski definition) is 0. The largest absolute Gasteiger partial charge is 0.461 e. The van der Waals surface area contributed by atoms with Crippen LogP contribution >= 0.6 is 0 Å². The van der Waals surface area contributed by atoms with Crippen LogP contribution in [-0.2, 0) is 14.3 Å². The van der Waals surface area contributed by atoms with Crippen molar-refractivity contribution in [3.05, 3.63) is 0 Å². The van der Waals surface area contributed by atoms with Gasteiger partial charge < -0.3 is 9.47 Å². The smallest absolute Gasteiger partial charge is 0.335 e. The quantitative estimate of drug-likeness (QED) is 0.536. The summed E-state index contributed by atoms with van der Waals surface area (Å²) in [5.41, 5.74) is 0. The summed E-state index contributed by atoms with van der Waals surface area (Å²) in [6, 6.07) is 0. The number of esters is 1. The molecule has 0 aromatic rings. The molecule has 0 N–H and O–H groups in total. The van der Waals surface area contributed by atoms with Gasteiger partial charge in [-0.15, -0.1) is 0 Å². The van der Waals surface area contributed by atoms with E-state index in [4.69, 9.17) is 9.47 Å². The molecule has 1 saturated heterocycles. The molecule has 1 fully saturated rings. The minimum atomic E-state index is -0.293. The summed E-state index contributed by atoms with van der Waals surface area (Å²) >= 11 is 0. The van der Waals surface area contributed by atoms with Gasteiger partial charge in [0.1, 0.15) is 6.61 Å². The van der Waals surface area contributed by atoms with Gasteiger partial charge in [0, 0.05) is 0 Å². The Hall–Kier alpha value is -0.570. The maximum Gasteiger partial charge on any atom is 0.335 e. The van der Waals surface area contributed by atoms with Crippen LogP contribution < -0.4 is 0 Å². The number of ether oxygens (including phenoxy) is 2. The standard InChI is InChI=1S/C7H12O3/c1-2-3-6-7(8)10-5-4-9-6/h6H,2-5H2,1H3. The zero-order chi connectivity index (χ0) is 7.40. The van der Waals surface area contributed by atoms with E-state index < -0.39 is 0 Å². The second-order valence-corrected chi connectivity index (χ2v) is 2.32. The third-order valence-electron chi connectivity index (χ3n) is 1.46. The van der Waals surface area contributed by atoms with E-state index in [1.54, 1.807) is 0 Å². The van der Waals surface area contributed by atoms with Crippen LogP contribution in [0, 0.1) is 0 Å². The predicted molar refractivity (Wildman–Crippen MR) is 35.6 cm³/mol. The number of carbonyl (C=O) groups is 1. The number of rotatable bonds is 2. The second kappa shape index (κ2) is 3.56. The number of carbonyl (C=O) groups excluding carboxylic acids is 1. The van der Waals surface area contributed by atoms with Crippen LogP contribution in [0.1, 0.15) is 19.8 Å². The number of hydrogen-bond acceptors (Lipinski definition) is 3. The fraction of sp³-hybridized carbons (Fsp3) is 0.857. The molecule has 3 heteroatoms. The van der Waals surface area contributed by atoms with Crippen LogP contribution in [-0.4, -0.2) is 25.3 Å². The lowest BCUT2D eigenvalue weighted by Crippen LogP contribution is -2.33. The molecule has 1 aliphatic rings. The van der Waals surface area contributed by atoms with Crippen molar-refractivity contribution in [3.8, 4) is 0 Å². The van der Waals surface area contributed by atoms with Gasteiger partial charge in [0.2, 0.25) is 0 Å². The van der Waals surface area contributed by atoms with E-state index in [1.807, 2.05) is 6.92 Å². The molecule has 1 unspecified atom stereocenters. The first-order chi connectivity index (χ1) is 4.84. The topological polar surface area (TPSA) is 35.5 Å². The highest BCUT2D eigenvalue weighted by atomic mass is 16.6. The average Bonchev–Trinajstić information content (AvgIpc) is 1.94. The van der Waals surface area contributed by atoms with Gasteiger partial charge in [-0.25, -0.2) is 4.79 Å². The van der Waals surface area contributed by atoms with Crippen LogP contribution in [0.2, 0.25) is 0 Å². The lowest BCUT2D eigenvalue weighted by Gasteiger charge is -2.20. The molecular formula is C7H12O3. The van der Waals surface area contributed by atoms with Gasteiger partial charge in [-0.05, 0) is 6.42 Å². The van der Waals surface area contributed by atoms with E-state index in [9.17, 15) is 4.79 Å². The van der Waals surface area contributed by atoms with Crippen molar-refractivity contribution in [1.29, 1.82) is 0 Å². The molecule has 0 aliphatic carbocycles. The van der Waals surface area contributed by atoms with E-state index in [1.165, 1.54) is 0 Å². The van der Waals surface area contributed by atoms with E-state index in [0.29, 0.717) is 13.2 Å². The first kappa shape index (κ1) is 7.54. The highest BCUT2D eigenvalue weighted by molar-refractivity contribution is 5.75. The van der Waals surface area contributed by atoms with Gasteiger partial charge in [-0.3, -0.25) is 0 Å². The molecule has 0 aromatic heterocycles. The van der Waals surface area contributed by atoms with Gasteiger partial charge in [0.15, 0.2) is 6.10 Å². The van der Waals surface area contributed by atoms with Gasteiger partial charge in [0.25, 0.3) is 0 Å². The van der Waals surface area contributed by atoms with Crippen molar-refractivity contribution in [2.75, 3.05) is 13.2 Å². The van der Waals surface area contributed by atoms with E-state index >= 15 is 0 Å². The van der Waals surface area contributed by atoms with Crippen molar-refractivity contribution in [1.82, 2.24) is 0 Å². The summed E-state index contributed by atoms with van der Waals surface area (Å²) in [6.45, 7) is 2.99. The normalized spacial score (nSPS) is 26.1. The van der Waals surface area contributed by atoms with Crippen molar-refractivity contribution in [3.63, 3.8) is 0 Å². The maximum atomic E-state index is 10.8. The molecule has 10 heavy (non-hydrogen) atoms. The highest BCUT2D eigenvalue weighted by Crippen LogP contribution is 2.08. The average molecular weight is 144 g/mol. The predicted octanol–water partition coefficient (Wildman–Crippen LogP) is 0.728. The van der Waals surface area contributed by atoms with Crippen molar-refractivity contribution >= 4 is 5.97 Å². The Bertz CT molecular complexity index is 120. The SMILES string of the molecule is CCCC1OCCOC1=O. The minimum Gasteiger partial charge on any atom is -0.461 e. The Morgan fingerprint density at radius 3 is 3.00 bits per heavy atom. The lowest BCUT2D eigenvalue weighted by molar-refractivity contribution is -0.171. The van der Waals surface area contributed by atoms with Crippen molar-refractivity contribution in [2.45, 2.75) is 25.9 Å². The summed E-state index contributed by atoms with van der Waals surface area (Å²) in [5, 5.41) is 0. The monoisotopic (exact) mass is 144 g/mol. The number of cyclic esters (lactones) is 1. The van der Waals surface area contributed by atoms with E-state index in [-0.39, 0.29) is 12.1 Å². The minimum absolute atomic E-state index is 0.201. The summed E-state index contributed by atoms with van der Waals surface area (Å²) in [6.07, 6.45) is 1.44. The molecule has 0 amide bonds. The molecule has 0 aromatic carbocycles. The molecule has 1 heterocycles. The first-order valence-electron chi connectivity index (χ1n) is 3.63. The zero-order valence-corrected chi connectivity index (χ0v) is 6.13. The second-order valence-electron chi connectivity index (χ2n) is 2.32. The molecule has 0 radical (unpaired) electrons. The molecule has 1 aliphatic heterocycles. The Kier molecular flexibility index (Phi) is 2.68. The highest BCUT2D eigenvalue weighted by Gasteiger charge is 2.23. The molecule has 0 saturated carbocycles. The summed E-state index contributed by atoms with van der Waals surface area (Å²) < 4.78 is 9.94. The lowest BCUT2D eigenvalue weighted by atomic mass is 10.2. The fourth-order valence-electron chi connectivity index (χ4n) is 0.957. The summed E-state index contributed by atoms with van der Waals surface area (Å²) in [4.78, 5) is 10.8. The molecule has 1 rings (SSSR count). The van der Waals surface area contributed by atoms with Crippen LogP contribution in [0.4, 0.5) is 0 Å². The van der Waals surface area contributed by atoms with Gasteiger partial charge >= 0.3 is 5.97 Å². The molecule has 0 bridgehead atoms. The molecule has 1 atom stereocenters. The van der Waals surface area contributed by atoms with Crippen LogP contribution in [0.3, 0.4) is 0 Å². The summed E-state index contributed by atoms with van der Waals surface area (Å²) in [5.74, 6) is -0.201. The molecule has 0 spiro atoms. The van der Waals surface area contributed by atoms with E-state index in [2.05, 4.69) is 0 Å². The first-order valence-corrected chi connectivity index (χ1v) is 3.63. The molecule has 3 nitrogen and oxygen atoms in total. The molecular weight excluding hydrogens is 132 g/mol. The Morgan fingerprint density at radius 2 is 2.40 bits per heavy atom. The Balaban J connectivity index is 2.32. The Labute approximate surface area is 60.3 Å². The third-order valence-corrected chi connectivity index (χ3v) is 1.46. The van der Waals surface area contributed by atoms with E-state index in [0.717, 1.165) is 12.8 Å². The van der Waals surface area contributed by atoms with Crippen molar-refractivity contribution < 1.29 is 14.3 Å². The zero-order valence-electron chi connectivity index (χ0n) is 6.13. The van der Waals surface area contributed by atoms with Crippen LogP contribution in [0.15, 0.2) is 0 Å².